The molecule has 0 bridgehead atoms. The van der Waals surface area contributed by atoms with Crippen LogP contribution in [0.15, 0.2) is 5.11 Å². The van der Waals surface area contributed by atoms with E-state index in [4.69, 9.17) is 5.53 Å². The first-order chi connectivity index (χ1) is 4.98. The summed E-state index contributed by atoms with van der Waals surface area (Å²) in [4.78, 5) is 0. The third-order valence-electron chi connectivity index (χ3n) is 2.00. The first-order valence-corrected chi connectivity index (χ1v) is 5.05. The zero-order valence-corrected chi connectivity index (χ0v) is 8.66. The highest BCUT2D eigenvalue weighted by Crippen LogP contribution is 2.28. The summed E-state index contributed by atoms with van der Waals surface area (Å²) in [7, 11) is 0. The lowest BCUT2D eigenvalue weighted by molar-refractivity contribution is 0.289. The normalized spacial score (nSPS) is 14.5. The van der Waals surface area contributed by atoms with E-state index in [0.29, 0.717) is 17.2 Å². The standard InChI is InChI=1S/C8H18N2S/c1-7(8(2,3)4)5-11-6-10-9/h7,9H,5-6H2,1-4H3/t7-/m1/s1. The highest BCUT2D eigenvalue weighted by molar-refractivity contribution is 7.99. The Labute approximate surface area is 73.7 Å². The molecular weight excluding hydrogens is 156 g/mol. The van der Waals surface area contributed by atoms with E-state index in [-0.39, 0.29) is 0 Å². The smallest absolute Gasteiger partial charge is 0.105 e. The summed E-state index contributed by atoms with van der Waals surface area (Å²) in [6, 6.07) is 0. The third-order valence-corrected chi connectivity index (χ3v) is 3.05. The van der Waals surface area contributed by atoms with Gasteiger partial charge in [-0.25, -0.2) is 5.53 Å². The van der Waals surface area contributed by atoms with Gasteiger partial charge in [-0.3, -0.25) is 0 Å². The summed E-state index contributed by atoms with van der Waals surface area (Å²) in [5.41, 5.74) is 6.99. The molecule has 0 spiro atoms. The van der Waals surface area contributed by atoms with Gasteiger partial charge in [0.2, 0.25) is 0 Å². The first kappa shape index (κ1) is 11.0. The van der Waals surface area contributed by atoms with Gasteiger partial charge in [0.1, 0.15) is 5.88 Å². The van der Waals surface area contributed by atoms with Crippen LogP contribution in [0.25, 0.3) is 0 Å². The van der Waals surface area contributed by atoms with Gasteiger partial charge in [0.05, 0.1) is 0 Å². The monoisotopic (exact) mass is 174 g/mol. The van der Waals surface area contributed by atoms with Crippen LogP contribution in [0.5, 0.6) is 0 Å². The van der Waals surface area contributed by atoms with Crippen LogP contribution in [0.1, 0.15) is 27.7 Å². The molecule has 0 radical (unpaired) electrons. The maximum Gasteiger partial charge on any atom is 0.105 e. The fourth-order valence-corrected chi connectivity index (χ4v) is 1.58. The van der Waals surface area contributed by atoms with E-state index in [2.05, 4.69) is 32.8 Å². The van der Waals surface area contributed by atoms with Gasteiger partial charge in [0.15, 0.2) is 0 Å². The molecule has 0 aliphatic carbocycles. The summed E-state index contributed by atoms with van der Waals surface area (Å²) in [5.74, 6) is 2.40. The minimum atomic E-state index is 0.384. The molecule has 2 nitrogen and oxygen atoms in total. The Morgan fingerprint density at radius 3 is 2.36 bits per heavy atom. The molecule has 11 heavy (non-hydrogen) atoms. The Bertz CT molecular complexity index is 118. The van der Waals surface area contributed by atoms with E-state index in [0.717, 1.165) is 5.75 Å². The molecule has 0 aliphatic rings. The zero-order valence-electron chi connectivity index (χ0n) is 7.85. The Morgan fingerprint density at radius 2 is 2.00 bits per heavy atom. The number of nitrogens with one attached hydrogen (secondary N) is 1. The topological polar surface area (TPSA) is 36.2 Å². The maximum absolute atomic E-state index is 6.61. The number of thioether (sulfide) groups is 1. The fourth-order valence-electron chi connectivity index (χ4n) is 0.525. The van der Waals surface area contributed by atoms with Crippen LogP contribution in [0.3, 0.4) is 0 Å². The highest BCUT2D eigenvalue weighted by Gasteiger charge is 2.19. The van der Waals surface area contributed by atoms with Gasteiger partial charge in [0, 0.05) is 0 Å². The van der Waals surface area contributed by atoms with Crippen LogP contribution in [-0.2, 0) is 0 Å². The lowest BCUT2D eigenvalue weighted by Crippen LogP contribution is -2.19. The van der Waals surface area contributed by atoms with Crippen molar-refractivity contribution in [3.63, 3.8) is 0 Å². The Kier molecular flexibility index (Phi) is 4.73. The molecule has 3 heteroatoms. The molecule has 0 rings (SSSR count). The van der Waals surface area contributed by atoms with Crippen LogP contribution in [0.2, 0.25) is 0 Å². The predicted octanol–water partition coefficient (Wildman–Crippen LogP) is 3.39. The molecule has 0 heterocycles. The minimum Gasteiger partial charge on any atom is -0.209 e. The Balaban J connectivity index is 3.52. The van der Waals surface area contributed by atoms with Crippen molar-refractivity contribution in [1.29, 1.82) is 5.53 Å². The van der Waals surface area contributed by atoms with Gasteiger partial charge in [-0.1, -0.05) is 27.7 Å². The Hall–Kier alpha value is -0.0500. The Morgan fingerprint density at radius 1 is 1.45 bits per heavy atom. The molecule has 0 fully saturated rings. The lowest BCUT2D eigenvalue weighted by Gasteiger charge is -2.26. The van der Waals surface area contributed by atoms with E-state index >= 15 is 0 Å². The molecule has 66 valence electrons. The van der Waals surface area contributed by atoms with Crippen LogP contribution >= 0.6 is 11.8 Å². The summed E-state index contributed by atoms with van der Waals surface area (Å²) in [6.45, 7) is 8.99. The summed E-state index contributed by atoms with van der Waals surface area (Å²) in [6.07, 6.45) is 0. The van der Waals surface area contributed by atoms with E-state index in [1.165, 1.54) is 0 Å². The number of hydrogen-bond donors (Lipinski definition) is 1. The van der Waals surface area contributed by atoms with Crippen LogP contribution in [0.4, 0.5) is 0 Å². The number of hydrogen-bond acceptors (Lipinski definition) is 3. The van der Waals surface area contributed by atoms with Crippen molar-refractivity contribution in [3.8, 4) is 0 Å². The molecule has 0 unspecified atom stereocenters. The molecule has 0 aromatic heterocycles. The van der Waals surface area contributed by atoms with Gasteiger partial charge in [-0.05, 0) is 17.1 Å². The quantitative estimate of drug-likeness (QED) is 0.514. The summed E-state index contributed by atoms with van der Waals surface area (Å²) in [5, 5.41) is 3.30. The van der Waals surface area contributed by atoms with Crippen molar-refractivity contribution in [1.82, 2.24) is 0 Å². The van der Waals surface area contributed by atoms with Crippen LogP contribution in [-0.4, -0.2) is 11.6 Å². The molecule has 0 aliphatic heterocycles. The second-order valence-corrected chi connectivity index (χ2v) is 4.92. The molecule has 0 saturated heterocycles. The maximum atomic E-state index is 6.61. The molecule has 0 saturated carbocycles. The van der Waals surface area contributed by atoms with Crippen LogP contribution < -0.4 is 0 Å². The van der Waals surface area contributed by atoms with Crippen molar-refractivity contribution in [2.75, 3.05) is 11.6 Å². The largest absolute Gasteiger partial charge is 0.209 e. The molecular formula is C8H18N2S. The predicted molar refractivity (Wildman–Crippen MR) is 51.1 cm³/mol. The minimum absolute atomic E-state index is 0.384. The fraction of sp³-hybridized carbons (Fsp3) is 1.00. The second kappa shape index (κ2) is 4.75. The summed E-state index contributed by atoms with van der Waals surface area (Å²) < 4.78 is 0. The van der Waals surface area contributed by atoms with E-state index in [9.17, 15) is 0 Å². The van der Waals surface area contributed by atoms with Crippen molar-refractivity contribution in [2.24, 2.45) is 16.4 Å². The van der Waals surface area contributed by atoms with E-state index in [1.807, 2.05) is 0 Å². The van der Waals surface area contributed by atoms with Crippen molar-refractivity contribution >= 4 is 11.8 Å². The van der Waals surface area contributed by atoms with Crippen LogP contribution in [0, 0.1) is 16.9 Å². The molecule has 1 N–H and O–H groups in total. The van der Waals surface area contributed by atoms with Crippen molar-refractivity contribution < 1.29 is 0 Å². The first-order valence-electron chi connectivity index (χ1n) is 3.89. The van der Waals surface area contributed by atoms with Gasteiger partial charge in [0.25, 0.3) is 0 Å². The molecule has 0 aromatic carbocycles. The third kappa shape index (κ3) is 5.24. The average molecular weight is 174 g/mol. The number of rotatable bonds is 4. The highest BCUT2D eigenvalue weighted by atomic mass is 32.2. The van der Waals surface area contributed by atoms with Gasteiger partial charge < -0.3 is 0 Å². The SMILES string of the molecule is C[C@H](CSCN=N)C(C)(C)C. The molecule has 0 amide bonds. The van der Waals surface area contributed by atoms with Gasteiger partial charge in [-0.15, -0.1) is 11.8 Å². The number of nitrogens with zero attached hydrogens (tertiary/aromatic N) is 1. The summed E-state index contributed by atoms with van der Waals surface area (Å²) >= 11 is 1.73. The van der Waals surface area contributed by atoms with Gasteiger partial charge in [-0.2, -0.15) is 5.11 Å². The molecule has 1 atom stereocenters. The average Bonchev–Trinajstić information content (AvgIpc) is 1.86. The van der Waals surface area contributed by atoms with E-state index in [1.54, 1.807) is 11.8 Å². The second-order valence-electron chi connectivity index (χ2n) is 3.93. The van der Waals surface area contributed by atoms with Gasteiger partial charge >= 0.3 is 0 Å². The lowest BCUT2D eigenvalue weighted by atomic mass is 9.83. The van der Waals surface area contributed by atoms with Crippen molar-refractivity contribution in [2.45, 2.75) is 27.7 Å². The van der Waals surface area contributed by atoms with Crippen molar-refractivity contribution in [3.05, 3.63) is 0 Å². The van der Waals surface area contributed by atoms with E-state index < -0.39 is 0 Å². The zero-order chi connectivity index (χ0) is 8.91. The molecule has 0 aromatic rings.